The van der Waals surface area contributed by atoms with Gasteiger partial charge in [0.15, 0.2) is 5.78 Å². The smallest absolute Gasteiger partial charge is 0.264 e. The van der Waals surface area contributed by atoms with Crippen LogP contribution in [0.25, 0.3) is 11.0 Å². The van der Waals surface area contributed by atoms with Crippen LogP contribution in [0.15, 0.2) is 53.7 Å². The van der Waals surface area contributed by atoms with E-state index in [1.54, 1.807) is 47.5 Å². The number of benzene rings is 1. The van der Waals surface area contributed by atoms with Gasteiger partial charge in [0.2, 0.25) is 11.9 Å². The second-order valence-electron chi connectivity index (χ2n) is 17.8. The summed E-state index contributed by atoms with van der Waals surface area (Å²) >= 11 is 0. The van der Waals surface area contributed by atoms with Crippen LogP contribution in [0.4, 0.5) is 23.1 Å². The Morgan fingerprint density at radius 1 is 0.884 bits per heavy atom. The Morgan fingerprint density at radius 3 is 2.41 bits per heavy atom. The molecule has 1 aliphatic carbocycles. The van der Waals surface area contributed by atoms with Crippen molar-refractivity contribution in [1.82, 2.24) is 49.2 Å². The number of piperidine rings is 1. The molecule has 1 saturated carbocycles. The summed E-state index contributed by atoms with van der Waals surface area (Å²) in [5, 5.41) is 15.8. The number of ketones is 1. The predicted molar refractivity (Wildman–Crippen MR) is 254 cm³/mol. The molecule has 4 aliphatic rings. The lowest BCUT2D eigenvalue weighted by Crippen LogP contribution is -2.55. The van der Waals surface area contributed by atoms with Crippen molar-refractivity contribution in [2.75, 3.05) is 81.2 Å². The highest BCUT2D eigenvalue weighted by atomic mass is 16.5. The highest BCUT2D eigenvalue weighted by Gasteiger charge is 2.47. The van der Waals surface area contributed by atoms with Crippen molar-refractivity contribution in [2.24, 2.45) is 0 Å². The lowest BCUT2D eigenvalue weighted by Gasteiger charge is -2.35. The third-order valence-corrected chi connectivity index (χ3v) is 13.4. The van der Waals surface area contributed by atoms with Gasteiger partial charge in [0.25, 0.3) is 23.3 Å². The average molecular weight is 944 g/mol. The molecule has 2 N–H and O–H groups in total. The maximum atomic E-state index is 13.6. The predicted octanol–water partition coefficient (Wildman–Crippen LogP) is 3.75. The number of carbonyl (C=O) groups is 5. The summed E-state index contributed by atoms with van der Waals surface area (Å²) < 4.78 is 15.0. The van der Waals surface area contributed by atoms with Crippen molar-refractivity contribution in [1.29, 1.82) is 0 Å². The molecule has 0 spiro atoms. The van der Waals surface area contributed by atoms with E-state index in [1.807, 2.05) is 24.5 Å². The number of anilines is 4. The van der Waals surface area contributed by atoms with Crippen molar-refractivity contribution < 1.29 is 33.4 Å². The van der Waals surface area contributed by atoms with Crippen molar-refractivity contribution in [2.45, 2.75) is 84.5 Å². The van der Waals surface area contributed by atoms with Crippen LogP contribution in [0, 0.1) is 6.92 Å². The van der Waals surface area contributed by atoms with E-state index in [0.29, 0.717) is 80.1 Å². The molecule has 4 aromatic heterocycles. The zero-order valence-corrected chi connectivity index (χ0v) is 39.2. The Labute approximate surface area is 398 Å². The molecule has 3 fully saturated rings. The number of nitrogens with one attached hydrogen (secondary N) is 2. The molecule has 9 rings (SSSR count). The molecule has 362 valence electrons. The summed E-state index contributed by atoms with van der Waals surface area (Å²) in [6.45, 7) is 11.5. The molecule has 0 bridgehead atoms. The van der Waals surface area contributed by atoms with Gasteiger partial charge in [-0.3, -0.25) is 48.0 Å². The number of piperazine rings is 1. The average Bonchev–Trinajstić information content (AvgIpc) is 4.10. The lowest BCUT2D eigenvalue weighted by atomic mass is 10.0. The molecule has 0 radical (unpaired) electrons. The van der Waals surface area contributed by atoms with Crippen LogP contribution in [0.3, 0.4) is 0 Å². The minimum absolute atomic E-state index is 0.00113. The number of hydrogen-bond donors (Lipinski definition) is 2. The molecule has 21 nitrogen and oxygen atoms in total. The first-order valence-corrected chi connectivity index (χ1v) is 23.8. The zero-order chi connectivity index (χ0) is 48.2. The number of aryl methyl sites for hydroxylation is 1. The second-order valence-corrected chi connectivity index (χ2v) is 17.8. The first-order chi connectivity index (χ1) is 33.5. The van der Waals surface area contributed by atoms with E-state index >= 15 is 0 Å². The number of aromatic nitrogens is 7. The normalized spacial score (nSPS) is 18.0. The van der Waals surface area contributed by atoms with Crippen molar-refractivity contribution in [3.8, 4) is 0 Å². The number of likely N-dealkylation sites (tertiary alicyclic amines) is 1. The summed E-state index contributed by atoms with van der Waals surface area (Å²) in [7, 11) is 0. The van der Waals surface area contributed by atoms with E-state index < -0.39 is 23.8 Å². The van der Waals surface area contributed by atoms with Crippen LogP contribution in [0.1, 0.15) is 101 Å². The van der Waals surface area contributed by atoms with Gasteiger partial charge in [-0.25, -0.2) is 14.6 Å². The van der Waals surface area contributed by atoms with Crippen LogP contribution >= 0.6 is 0 Å². The summed E-state index contributed by atoms with van der Waals surface area (Å²) in [6.07, 6.45) is 9.48. The van der Waals surface area contributed by atoms with Crippen LogP contribution in [-0.4, -0.2) is 150 Å². The van der Waals surface area contributed by atoms with Crippen LogP contribution < -0.4 is 21.1 Å². The third-order valence-electron chi connectivity index (χ3n) is 13.4. The molecular formula is C48H57N13O8. The van der Waals surface area contributed by atoms with Gasteiger partial charge in [-0.05, 0) is 69.9 Å². The molecule has 1 atom stereocenters. The van der Waals surface area contributed by atoms with Crippen molar-refractivity contribution in [3.05, 3.63) is 87.2 Å². The van der Waals surface area contributed by atoms with Gasteiger partial charge in [-0.15, -0.1) is 5.10 Å². The van der Waals surface area contributed by atoms with E-state index in [0.717, 1.165) is 73.0 Å². The summed E-state index contributed by atoms with van der Waals surface area (Å²) in [5.41, 5.74) is 3.88. The topological polar surface area (TPSA) is 232 Å². The molecule has 7 heterocycles. The van der Waals surface area contributed by atoms with Crippen LogP contribution in [0.5, 0.6) is 0 Å². The molecule has 2 saturated heterocycles. The fourth-order valence-corrected chi connectivity index (χ4v) is 9.85. The Morgan fingerprint density at radius 2 is 1.67 bits per heavy atom. The van der Waals surface area contributed by atoms with Crippen molar-refractivity contribution >= 4 is 63.6 Å². The highest BCUT2D eigenvalue weighted by molar-refractivity contribution is 6.25. The Bertz CT molecular complexity index is 2820. The first kappa shape index (κ1) is 47.1. The number of rotatable bonds is 19. The van der Waals surface area contributed by atoms with Crippen molar-refractivity contribution in [3.63, 3.8) is 0 Å². The third kappa shape index (κ3) is 9.84. The quantitative estimate of drug-likeness (QED) is 0.0682. The number of imide groups is 2. The fourth-order valence-electron chi connectivity index (χ4n) is 9.85. The molecule has 5 aromatic rings. The second kappa shape index (κ2) is 20.7. The molecule has 4 amide bonds. The largest absolute Gasteiger partial charge is 0.382 e. The van der Waals surface area contributed by atoms with Gasteiger partial charge in [-0.2, -0.15) is 4.98 Å². The monoisotopic (exact) mass is 943 g/mol. The number of nitrogens with zero attached hydrogens (tertiary/aromatic N) is 11. The number of carbonyl (C=O) groups excluding carboxylic acids is 5. The Kier molecular flexibility index (Phi) is 14.1. The van der Waals surface area contributed by atoms with Gasteiger partial charge >= 0.3 is 0 Å². The van der Waals surface area contributed by atoms with Gasteiger partial charge < -0.3 is 25.0 Å². The summed E-state index contributed by atoms with van der Waals surface area (Å²) in [4.78, 5) is 98.7. The Hall–Kier alpha value is -6.97. The number of fused-ring (bicyclic) bond motifs is 2. The standard InChI is InChI=1S/C48H57N13O8/c1-4-59-40(63)15-13-38(45(59)65)61-44(64)35-10-7-11-37(42(35)47(61)67)49-16-22-68-24-25-69-23-21-58-29-32(54-55-58)28-56-17-19-57(20-18-56)34-12-14-39(50-26-34)52-48-51-27-36-30(2)41(31(3)62)46(66)60(43(36)53-48)33-8-5-6-9-33/h7,10-12,14,26-27,29,33,38,49H,4-6,8-9,13,15-25,28H2,1-3H3,(H,50,51,52,53). The molecule has 1 unspecified atom stereocenters. The van der Waals surface area contributed by atoms with Crippen LogP contribution in [-0.2, 0) is 32.2 Å². The highest BCUT2D eigenvalue weighted by Crippen LogP contribution is 2.34. The summed E-state index contributed by atoms with van der Waals surface area (Å²) in [6, 6.07) is 7.89. The van der Waals surface area contributed by atoms with E-state index in [-0.39, 0.29) is 59.4 Å². The van der Waals surface area contributed by atoms with Crippen LogP contribution in [0.2, 0.25) is 0 Å². The number of amides is 4. The van der Waals surface area contributed by atoms with E-state index in [1.165, 1.54) is 6.92 Å². The molecule has 69 heavy (non-hydrogen) atoms. The molecular weight excluding hydrogens is 887 g/mol. The minimum Gasteiger partial charge on any atom is -0.382 e. The number of hydrogen-bond acceptors (Lipinski definition) is 17. The number of likely N-dealkylation sites (N-methyl/N-ethyl adjacent to an activating group) is 1. The van der Waals surface area contributed by atoms with Gasteiger partial charge in [0.05, 0.1) is 67.2 Å². The maximum absolute atomic E-state index is 13.6. The molecule has 3 aliphatic heterocycles. The lowest BCUT2D eigenvalue weighted by molar-refractivity contribution is -0.151. The fraction of sp³-hybridized carbons (Fsp3) is 0.479. The van der Waals surface area contributed by atoms with Gasteiger partial charge in [0.1, 0.15) is 17.5 Å². The van der Waals surface area contributed by atoms with Gasteiger partial charge in [0, 0.05) is 81.7 Å². The van der Waals surface area contributed by atoms with E-state index in [9.17, 15) is 28.8 Å². The van der Waals surface area contributed by atoms with E-state index in [2.05, 4.69) is 40.7 Å². The number of ether oxygens (including phenoxy) is 2. The first-order valence-electron chi connectivity index (χ1n) is 23.8. The SMILES string of the molecule is CCN1C(=O)CCC(N2C(=O)c3cccc(NCCOCCOCCn4cc(CN5CCN(c6ccc(Nc7ncc8c(C)c(C(C)=O)c(=O)n(C9CCCC9)c8n7)nc6)CC5)nn4)c3C2=O)C1=O. The number of Topliss-reactive ketones (excluding diaryl/α,β-unsaturated/α-hetero) is 1. The van der Waals surface area contributed by atoms with Gasteiger partial charge in [-0.1, -0.05) is 24.1 Å². The molecule has 21 heteroatoms. The number of pyridine rings is 2. The zero-order valence-electron chi connectivity index (χ0n) is 39.2. The summed E-state index contributed by atoms with van der Waals surface area (Å²) in [5.74, 6) is -1.24. The molecule has 1 aromatic carbocycles. The van der Waals surface area contributed by atoms with E-state index in [4.69, 9.17) is 14.5 Å². The maximum Gasteiger partial charge on any atom is 0.264 e. The Balaban J connectivity index is 0.671. The minimum atomic E-state index is -1.00.